The van der Waals surface area contributed by atoms with Crippen LogP contribution in [0.4, 0.5) is 0 Å². The van der Waals surface area contributed by atoms with Crippen LogP contribution in [-0.4, -0.2) is 27.9 Å². The van der Waals surface area contributed by atoms with E-state index in [2.05, 4.69) is 12.2 Å². The van der Waals surface area contributed by atoms with Gasteiger partial charge in [-0.2, -0.15) is 0 Å². The average Bonchev–Trinajstić information content (AvgIpc) is 2.44. The van der Waals surface area contributed by atoms with Crippen molar-refractivity contribution in [1.29, 1.82) is 0 Å². The molecule has 0 radical (unpaired) electrons. The number of hydrogen-bond donors (Lipinski definition) is 1. The van der Waals surface area contributed by atoms with Gasteiger partial charge in [0.05, 0.1) is 21.3 Å². The van der Waals surface area contributed by atoms with Crippen LogP contribution >= 0.6 is 0 Å². The first-order valence-corrected chi connectivity index (χ1v) is 7.12. The first-order chi connectivity index (χ1) is 9.63. The van der Waals surface area contributed by atoms with Gasteiger partial charge < -0.3 is 19.5 Å². The highest BCUT2D eigenvalue weighted by Gasteiger charge is 2.31. The highest BCUT2D eigenvalue weighted by Crippen LogP contribution is 2.41. The molecule has 20 heavy (non-hydrogen) atoms. The SMILES string of the molecule is COc1ccc(CNCC2(C)CCC2)c(OC)c1OC. The zero-order valence-corrected chi connectivity index (χ0v) is 12.9. The van der Waals surface area contributed by atoms with Gasteiger partial charge in [0.25, 0.3) is 0 Å². The van der Waals surface area contributed by atoms with Gasteiger partial charge in [0, 0.05) is 18.7 Å². The number of hydrogen-bond acceptors (Lipinski definition) is 4. The standard InChI is InChI=1S/C16H25NO3/c1-16(8-5-9-16)11-17-10-12-6-7-13(18-2)15(20-4)14(12)19-3/h6-7,17H,5,8-11H2,1-4H3. The normalized spacial score (nSPS) is 16.4. The summed E-state index contributed by atoms with van der Waals surface area (Å²) in [6, 6.07) is 3.94. The lowest BCUT2D eigenvalue weighted by atomic mass is 9.70. The summed E-state index contributed by atoms with van der Waals surface area (Å²) in [5.74, 6) is 2.10. The molecule has 0 bridgehead atoms. The van der Waals surface area contributed by atoms with Crippen molar-refractivity contribution in [1.82, 2.24) is 5.32 Å². The minimum absolute atomic E-state index is 0.476. The van der Waals surface area contributed by atoms with E-state index in [9.17, 15) is 0 Å². The number of nitrogens with one attached hydrogen (secondary N) is 1. The van der Waals surface area contributed by atoms with Crippen LogP contribution in [0, 0.1) is 5.41 Å². The lowest BCUT2D eigenvalue weighted by Crippen LogP contribution is -2.37. The lowest BCUT2D eigenvalue weighted by Gasteiger charge is -2.38. The van der Waals surface area contributed by atoms with Crippen molar-refractivity contribution in [3.63, 3.8) is 0 Å². The maximum Gasteiger partial charge on any atom is 0.203 e. The van der Waals surface area contributed by atoms with Crippen molar-refractivity contribution in [2.75, 3.05) is 27.9 Å². The van der Waals surface area contributed by atoms with Crippen molar-refractivity contribution in [3.8, 4) is 17.2 Å². The van der Waals surface area contributed by atoms with E-state index in [-0.39, 0.29) is 0 Å². The van der Waals surface area contributed by atoms with Gasteiger partial charge in [-0.1, -0.05) is 19.4 Å². The van der Waals surface area contributed by atoms with E-state index in [1.807, 2.05) is 12.1 Å². The van der Waals surface area contributed by atoms with E-state index in [1.165, 1.54) is 19.3 Å². The Kier molecular flexibility index (Phi) is 4.76. The number of rotatable bonds is 7. The third kappa shape index (κ3) is 3.01. The minimum Gasteiger partial charge on any atom is -0.493 e. The van der Waals surface area contributed by atoms with Crippen LogP contribution in [0.15, 0.2) is 12.1 Å². The average molecular weight is 279 g/mol. The largest absolute Gasteiger partial charge is 0.493 e. The highest BCUT2D eigenvalue weighted by atomic mass is 16.5. The van der Waals surface area contributed by atoms with E-state index >= 15 is 0 Å². The molecule has 0 unspecified atom stereocenters. The van der Waals surface area contributed by atoms with Crippen LogP contribution < -0.4 is 19.5 Å². The van der Waals surface area contributed by atoms with E-state index < -0.39 is 0 Å². The zero-order chi connectivity index (χ0) is 14.6. The predicted molar refractivity (Wildman–Crippen MR) is 79.8 cm³/mol. The highest BCUT2D eigenvalue weighted by molar-refractivity contribution is 5.55. The Bertz CT molecular complexity index is 455. The molecular formula is C16H25NO3. The van der Waals surface area contributed by atoms with Gasteiger partial charge in [0.1, 0.15) is 0 Å². The molecule has 1 saturated carbocycles. The molecule has 0 atom stereocenters. The van der Waals surface area contributed by atoms with Gasteiger partial charge >= 0.3 is 0 Å². The molecule has 4 heteroatoms. The first kappa shape index (κ1) is 15.0. The van der Waals surface area contributed by atoms with Crippen molar-refractivity contribution in [2.24, 2.45) is 5.41 Å². The van der Waals surface area contributed by atoms with Crippen LogP contribution in [0.25, 0.3) is 0 Å². The number of benzene rings is 1. The molecule has 1 aromatic carbocycles. The monoisotopic (exact) mass is 279 g/mol. The van der Waals surface area contributed by atoms with Crippen molar-refractivity contribution in [2.45, 2.75) is 32.7 Å². The molecule has 0 aliphatic heterocycles. The van der Waals surface area contributed by atoms with Gasteiger partial charge in [-0.15, -0.1) is 0 Å². The van der Waals surface area contributed by atoms with Crippen LogP contribution in [0.5, 0.6) is 17.2 Å². The molecule has 0 spiro atoms. The first-order valence-electron chi connectivity index (χ1n) is 7.12. The van der Waals surface area contributed by atoms with Crippen molar-refractivity contribution in [3.05, 3.63) is 17.7 Å². The van der Waals surface area contributed by atoms with Crippen molar-refractivity contribution < 1.29 is 14.2 Å². The Hall–Kier alpha value is -1.42. The van der Waals surface area contributed by atoms with Gasteiger partial charge in [0.15, 0.2) is 11.5 Å². The molecule has 0 saturated heterocycles. The predicted octanol–water partition coefficient (Wildman–Crippen LogP) is 2.99. The molecule has 1 N–H and O–H groups in total. The Balaban J connectivity index is 2.06. The molecule has 1 aliphatic rings. The van der Waals surface area contributed by atoms with Crippen LogP contribution in [0.1, 0.15) is 31.7 Å². The smallest absolute Gasteiger partial charge is 0.203 e. The third-order valence-electron chi connectivity index (χ3n) is 4.21. The molecule has 2 rings (SSSR count). The zero-order valence-electron chi connectivity index (χ0n) is 12.9. The second-order valence-corrected chi connectivity index (χ2v) is 5.76. The Labute approximate surface area is 121 Å². The molecule has 1 aromatic rings. The van der Waals surface area contributed by atoms with Gasteiger partial charge in [-0.25, -0.2) is 0 Å². The second kappa shape index (κ2) is 6.35. The molecule has 112 valence electrons. The molecular weight excluding hydrogens is 254 g/mol. The quantitative estimate of drug-likeness (QED) is 0.833. The fourth-order valence-electron chi connectivity index (χ4n) is 2.76. The fraction of sp³-hybridized carbons (Fsp3) is 0.625. The van der Waals surface area contributed by atoms with Gasteiger partial charge in [-0.3, -0.25) is 0 Å². The summed E-state index contributed by atoms with van der Waals surface area (Å²) in [6.45, 7) is 4.17. The summed E-state index contributed by atoms with van der Waals surface area (Å²) in [6.07, 6.45) is 4.00. The van der Waals surface area contributed by atoms with Crippen molar-refractivity contribution >= 4 is 0 Å². The summed E-state index contributed by atoms with van der Waals surface area (Å²) in [4.78, 5) is 0. The number of methoxy groups -OCH3 is 3. The van der Waals surface area contributed by atoms with E-state index in [1.54, 1.807) is 21.3 Å². The molecule has 0 heterocycles. The molecule has 0 aromatic heterocycles. The summed E-state index contributed by atoms with van der Waals surface area (Å²) in [5.41, 5.74) is 1.57. The van der Waals surface area contributed by atoms with E-state index in [0.29, 0.717) is 16.9 Å². The lowest BCUT2D eigenvalue weighted by molar-refractivity contribution is 0.156. The summed E-state index contributed by atoms with van der Waals surface area (Å²) < 4.78 is 16.2. The Morgan fingerprint density at radius 1 is 1.05 bits per heavy atom. The van der Waals surface area contributed by atoms with Crippen LogP contribution in [0.2, 0.25) is 0 Å². The maximum absolute atomic E-state index is 5.49. The maximum atomic E-state index is 5.49. The Morgan fingerprint density at radius 3 is 2.25 bits per heavy atom. The third-order valence-corrected chi connectivity index (χ3v) is 4.21. The molecule has 1 fully saturated rings. The molecule has 1 aliphatic carbocycles. The fourth-order valence-corrected chi connectivity index (χ4v) is 2.76. The summed E-state index contributed by atoms with van der Waals surface area (Å²) in [7, 11) is 4.92. The Morgan fingerprint density at radius 2 is 1.75 bits per heavy atom. The van der Waals surface area contributed by atoms with Crippen LogP contribution in [-0.2, 0) is 6.54 Å². The van der Waals surface area contributed by atoms with E-state index in [0.717, 1.165) is 24.4 Å². The topological polar surface area (TPSA) is 39.7 Å². The van der Waals surface area contributed by atoms with Gasteiger partial charge in [-0.05, 0) is 24.3 Å². The number of ether oxygens (including phenoxy) is 3. The molecule has 4 nitrogen and oxygen atoms in total. The second-order valence-electron chi connectivity index (χ2n) is 5.76. The van der Waals surface area contributed by atoms with Gasteiger partial charge in [0.2, 0.25) is 5.75 Å². The summed E-state index contributed by atoms with van der Waals surface area (Å²) in [5, 5.41) is 3.53. The van der Waals surface area contributed by atoms with Crippen LogP contribution in [0.3, 0.4) is 0 Å². The minimum atomic E-state index is 0.476. The summed E-state index contributed by atoms with van der Waals surface area (Å²) >= 11 is 0. The van der Waals surface area contributed by atoms with E-state index in [4.69, 9.17) is 14.2 Å². The molecule has 0 amide bonds.